The molecule has 0 saturated heterocycles. The molecule has 0 radical (unpaired) electrons. The number of aliphatic carboxylic acids is 1. The van der Waals surface area contributed by atoms with Gasteiger partial charge in [-0.1, -0.05) is 18.2 Å². The number of carboxylic acids is 1. The van der Waals surface area contributed by atoms with Crippen LogP contribution in [0.5, 0.6) is 0 Å². The maximum atomic E-state index is 13.5. The van der Waals surface area contributed by atoms with Gasteiger partial charge in [0.05, 0.1) is 6.42 Å². The summed E-state index contributed by atoms with van der Waals surface area (Å²) in [6.07, 6.45) is 3.49. The number of hydrogen-bond donors (Lipinski definition) is 2. The van der Waals surface area contributed by atoms with E-state index in [2.05, 4.69) is 5.32 Å². The van der Waals surface area contributed by atoms with Crippen LogP contribution in [-0.4, -0.2) is 21.6 Å². The maximum absolute atomic E-state index is 13.5. The topological polar surface area (TPSA) is 71.3 Å². The molecule has 5 nitrogen and oxygen atoms in total. The zero-order valence-corrected chi connectivity index (χ0v) is 14.5. The van der Waals surface area contributed by atoms with Gasteiger partial charge in [0.2, 0.25) is 5.91 Å². The van der Waals surface area contributed by atoms with Crippen molar-refractivity contribution in [3.63, 3.8) is 0 Å². The fourth-order valence-electron chi connectivity index (χ4n) is 2.97. The van der Waals surface area contributed by atoms with Crippen LogP contribution in [0.3, 0.4) is 0 Å². The van der Waals surface area contributed by atoms with Crippen LogP contribution in [0, 0.1) is 5.82 Å². The number of carboxylic acid groups (broad SMARTS) is 1. The number of anilines is 1. The van der Waals surface area contributed by atoms with Gasteiger partial charge in [-0.2, -0.15) is 0 Å². The Morgan fingerprint density at radius 1 is 1.00 bits per heavy atom. The molecule has 0 fully saturated rings. The third kappa shape index (κ3) is 5.04. The molecule has 2 aromatic carbocycles. The lowest BCUT2D eigenvalue weighted by atomic mass is 9.92. The van der Waals surface area contributed by atoms with Crippen molar-refractivity contribution in [2.75, 3.05) is 5.32 Å². The van der Waals surface area contributed by atoms with Gasteiger partial charge >= 0.3 is 5.97 Å². The van der Waals surface area contributed by atoms with E-state index in [1.165, 1.54) is 18.2 Å². The molecule has 138 valence electrons. The maximum Gasteiger partial charge on any atom is 0.303 e. The largest absolute Gasteiger partial charge is 0.481 e. The number of carbonyl (C=O) groups is 2. The van der Waals surface area contributed by atoms with Crippen LogP contribution < -0.4 is 5.32 Å². The lowest BCUT2D eigenvalue weighted by Crippen LogP contribution is -2.18. The average molecular weight is 366 g/mol. The molecule has 0 aliphatic heterocycles. The van der Waals surface area contributed by atoms with Crippen LogP contribution in [0.2, 0.25) is 0 Å². The summed E-state index contributed by atoms with van der Waals surface area (Å²) in [4.78, 5) is 23.6. The molecule has 1 atom stereocenters. The van der Waals surface area contributed by atoms with Gasteiger partial charge in [-0.25, -0.2) is 4.39 Å². The molecular formula is C21H19FN2O3. The molecule has 0 aliphatic carbocycles. The highest BCUT2D eigenvalue weighted by Crippen LogP contribution is 2.25. The third-order valence-corrected chi connectivity index (χ3v) is 4.21. The molecule has 27 heavy (non-hydrogen) atoms. The minimum absolute atomic E-state index is 0.0521. The molecule has 6 heteroatoms. The lowest BCUT2D eigenvalue weighted by molar-refractivity contribution is -0.137. The van der Waals surface area contributed by atoms with Crippen molar-refractivity contribution in [2.24, 2.45) is 0 Å². The van der Waals surface area contributed by atoms with Gasteiger partial charge in [0, 0.05) is 36.1 Å². The fourth-order valence-corrected chi connectivity index (χ4v) is 2.97. The van der Waals surface area contributed by atoms with Crippen molar-refractivity contribution in [1.82, 2.24) is 4.57 Å². The molecule has 0 saturated carbocycles. The minimum Gasteiger partial charge on any atom is -0.481 e. The molecule has 0 spiro atoms. The van der Waals surface area contributed by atoms with Crippen molar-refractivity contribution in [3.8, 4) is 5.69 Å². The van der Waals surface area contributed by atoms with Crippen LogP contribution in [0.1, 0.15) is 24.3 Å². The van der Waals surface area contributed by atoms with Crippen LogP contribution in [0.25, 0.3) is 5.69 Å². The van der Waals surface area contributed by atoms with Gasteiger partial charge in [-0.15, -0.1) is 0 Å². The SMILES string of the molecule is O=C(O)CC(CC(=O)Nc1cccc(-n2cccc2)c1)c1cccc(F)c1. The third-order valence-electron chi connectivity index (χ3n) is 4.21. The highest BCUT2D eigenvalue weighted by molar-refractivity contribution is 5.91. The van der Waals surface area contributed by atoms with E-state index in [9.17, 15) is 14.0 Å². The average Bonchev–Trinajstić information content (AvgIpc) is 3.16. The molecule has 3 rings (SSSR count). The number of nitrogens with one attached hydrogen (secondary N) is 1. The quantitative estimate of drug-likeness (QED) is 0.658. The smallest absolute Gasteiger partial charge is 0.303 e. The van der Waals surface area contributed by atoms with Gasteiger partial charge in [0.25, 0.3) is 0 Å². The normalized spacial score (nSPS) is 11.7. The van der Waals surface area contributed by atoms with Crippen LogP contribution >= 0.6 is 0 Å². The van der Waals surface area contributed by atoms with E-state index in [1.807, 2.05) is 47.3 Å². The zero-order valence-electron chi connectivity index (χ0n) is 14.5. The van der Waals surface area contributed by atoms with Gasteiger partial charge in [0.15, 0.2) is 0 Å². The highest BCUT2D eigenvalue weighted by atomic mass is 19.1. The van der Waals surface area contributed by atoms with Gasteiger partial charge in [-0.05, 0) is 48.0 Å². The van der Waals surface area contributed by atoms with Gasteiger partial charge in [0.1, 0.15) is 5.82 Å². The number of aromatic nitrogens is 1. The minimum atomic E-state index is -1.04. The summed E-state index contributed by atoms with van der Waals surface area (Å²) in [6.45, 7) is 0. The summed E-state index contributed by atoms with van der Waals surface area (Å²) in [5.41, 5.74) is 2.00. The van der Waals surface area contributed by atoms with Crippen molar-refractivity contribution in [1.29, 1.82) is 0 Å². The Hall–Kier alpha value is -3.41. The zero-order chi connectivity index (χ0) is 19.2. The molecule has 1 heterocycles. The Morgan fingerprint density at radius 3 is 2.44 bits per heavy atom. The van der Waals surface area contributed by atoms with E-state index in [0.717, 1.165) is 5.69 Å². The number of rotatable bonds is 7. The number of nitrogens with zero attached hydrogens (tertiary/aromatic N) is 1. The number of benzene rings is 2. The first kappa shape index (κ1) is 18.4. The van der Waals surface area contributed by atoms with Crippen molar-refractivity contribution >= 4 is 17.6 Å². The monoisotopic (exact) mass is 366 g/mol. The first-order chi connectivity index (χ1) is 13.0. The second-order valence-electron chi connectivity index (χ2n) is 6.24. The molecule has 1 amide bonds. The van der Waals surface area contributed by atoms with Crippen molar-refractivity contribution in [3.05, 3.63) is 84.4 Å². The summed E-state index contributed by atoms with van der Waals surface area (Å²) in [5.74, 6) is -2.42. The van der Waals surface area contributed by atoms with E-state index < -0.39 is 17.7 Å². The molecule has 1 unspecified atom stereocenters. The highest BCUT2D eigenvalue weighted by Gasteiger charge is 2.20. The Bertz CT molecular complexity index is 938. The predicted molar refractivity (Wildman–Crippen MR) is 100 cm³/mol. The van der Waals surface area contributed by atoms with E-state index >= 15 is 0 Å². The first-order valence-corrected chi connectivity index (χ1v) is 8.52. The molecule has 2 N–H and O–H groups in total. The van der Waals surface area contributed by atoms with Gasteiger partial charge in [-0.3, -0.25) is 9.59 Å². The summed E-state index contributed by atoms with van der Waals surface area (Å²) in [6, 6.07) is 16.8. The van der Waals surface area contributed by atoms with Gasteiger partial charge < -0.3 is 15.0 Å². The van der Waals surface area contributed by atoms with Crippen LogP contribution in [0.4, 0.5) is 10.1 Å². The number of hydrogen-bond acceptors (Lipinski definition) is 2. The second kappa shape index (κ2) is 8.31. The molecular weight excluding hydrogens is 347 g/mol. The Morgan fingerprint density at radius 2 is 1.74 bits per heavy atom. The molecule has 1 aromatic heterocycles. The number of amides is 1. The van der Waals surface area contributed by atoms with Crippen molar-refractivity contribution < 1.29 is 19.1 Å². The fraction of sp³-hybridized carbons (Fsp3) is 0.143. The van der Waals surface area contributed by atoms with E-state index in [1.54, 1.807) is 12.1 Å². The Labute approximate surface area is 156 Å². The summed E-state index contributed by atoms with van der Waals surface area (Å²) in [7, 11) is 0. The van der Waals surface area contributed by atoms with E-state index in [0.29, 0.717) is 11.3 Å². The van der Waals surface area contributed by atoms with Crippen LogP contribution in [-0.2, 0) is 9.59 Å². The summed E-state index contributed by atoms with van der Waals surface area (Å²) >= 11 is 0. The Balaban J connectivity index is 1.73. The van der Waals surface area contributed by atoms with Crippen molar-refractivity contribution in [2.45, 2.75) is 18.8 Å². The number of halogens is 1. The molecule has 0 bridgehead atoms. The van der Waals surface area contributed by atoms with Crippen LogP contribution in [0.15, 0.2) is 73.1 Å². The first-order valence-electron chi connectivity index (χ1n) is 8.52. The van der Waals surface area contributed by atoms with E-state index in [-0.39, 0.29) is 18.7 Å². The Kier molecular flexibility index (Phi) is 5.66. The van der Waals surface area contributed by atoms with E-state index in [4.69, 9.17) is 5.11 Å². The standard InChI is InChI=1S/C21H19FN2O3/c22-17-6-3-5-15(11-17)16(13-21(26)27)12-20(25)23-18-7-4-8-19(14-18)24-9-1-2-10-24/h1-11,14,16H,12-13H2,(H,23,25)(H,26,27). The second-order valence-corrected chi connectivity index (χ2v) is 6.24. The summed E-state index contributed by atoms with van der Waals surface area (Å²) in [5, 5.41) is 11.9. The predicted octanol–water partition coefficient (Wildman–Crippen LogP) is 4.20. The summed E-state index contributed by atoms with van der Waals surface area (Å²) < 4.78 is 15.4. The lowest BCUT2D eigenvalue weighted by Gasteiger charge is -2.16. The molecule has 3 aromatic rings. The molecule has 0 aliphatic rings. The number of carbonyl (C=O) groups excluding carboxylic acids is 1.